The molecular formula is C20H32N4O2. The SMILES string of the molecule is CCCO[C@H]1CCCN(C(=O)NC2CCN(Cc3cccnc3)CC2)C1. The summed E-state index contributed by atoms with van der Waals surface area (Å²) in [5, 5.41) is 3.24. The lowest BCUT2D eigenvalue weighted by molar-refractivity contribution is 0.00947. The summed E-state index contributed by atoms with van der Waals surface area (Å²) in [6.07, 6.45) is 9.09. The standard InChI is InChI=1S/C20H32N4O2/c1-2-13-26-19-6-4-10-24(16-19)20(25)22-18-7-11-23(12-8-18)15-17-5-3-9-21-14-17/h3,5,9,14,18-19H,2,4,6-8,10-13,15-16H2,1H3,(H,22,25)/t19-/m0/s1. The topological polar surface area (TPSA) is 57.7 Å². The summed E-state index contributed by atoms with van der Waals surface area (Å²) in [4.78, 5) is 21.2. The highest BCUT2D eigenvalue weighted by Crippen LogP contribution is 2.16. The predicted molar refractivity (Wildman–Crippen MR) is 102 cm³/mol. The maximum atomic E-state index is 12.6. The Morgan fingerprint density at radius 2 is 2.15 bits per heavy atom. The van der Waals surface area contributed by atoms with Crippen molar-refractivity contribution in [2.75, 3.05) is 32.8 Å². The monoisotopic (exact) mass is 360 g/mol. The minimum absolute atomic E-state index is 0.0838. The summed E-state index contributed by atoms with van der Waals surface area (Å²) in [5.74, 6) is 0. The molecule has 2 fully saturated rings. The zero-order valence-corrected chi connectivity index (χ0v) is 15.9. The Balaban J connectivity index is 1.39. The number of carbonyl (C=O) groups is 1. The van der Waals surface area contributed by atoms with Gasteiger partial charge in [-0.1, -0.05) is 13.0 Å². The summed E-state index contributed by atoms with van der Waals surface area (Å²) < 4.78 is 5.84. The normalized spacial score (nSPS) is 22.3. The van der Waals surface area contributed by atoms with Crippen molar-refractivity contribution in [3.8, 4) is 0 Å². The van der Waals surface area contributed by atoms with E-state index in [2.05, 4.69) is 28.2 Å². The summed E-state index contributed by atoms with van der Waals surface area (Å²) in [7, 11) is 0. The van der Waals surface area contributed by atoms with E-state index in [1.54, 1.807) is 0 Å². The molecular weight excluding hydrogens is 328 g/mol. The van der Waals surface area contributed by atoms with E-state index in [-0.39, 0.29) is 18.2 Å². The maximum absolute atomic E-state index is 12.6. The Morgan fingerprint density at radius 3 is 2.88 bits per heavy atom. The van der Waals surface area contributed by atoms with Crippen LogP contribution in [0.3, 0.4) is 0 Å². The fourth-order valence-corrected chi connectivity index (χ4v) is 3.79. The summed E-state index contributed by atoms with van der Waals surface area (Å²) >= 11 is 0. The Kier molecular flexibility index (Phi) is 7.26. The average molecular weight is 361 g/mol. The molecule has 0 aliphatic carbocycles. The number of aromatic nitrogens is 1. The molecule has 0 radical (unpaired) electrons. The van der Waals surface area contributed by atoms with E-state index in [1.165, 1.54) is 5.56 Å². The second-order valence-corrected chi connectivity index (χ2v) is 7.44. The smallest absolute Gasteiger partial charge is 0.317 e. The largest absolute Gasteiger partial charge is 0.376 e. The molecule has 2 amide bonds. The molecule has 1 N–H and O–H groups in total. The molecule has 2 aliphatic rings. The van der Waals surface area contributed by atoms with Crippen LogP contribution in [-0.2, 0) is 11.3 Å². The lowest BCUT2D eigenvalue weighted by Crippen LogP contribution is -2.52. The number of hydrogen-bond acceptors (Lipinski definition) is 4. The number of nitrogens with one attached hydrogen (secondary N) is 1. The average Bonchev–Trinajstić information content (AvgIpc) is 2.69. The van der Waals surface area contributed by atoms with Gasteiger partial charge in [0.25, 0.3) is 0 Å². The Bertz CT molecular complexity index is 546. The molecule has 1 aromatic rings. The summed E-state index contributed by atoms with van der Waals surface area (Å²) in [6, 6.07) is 4.47. The van der Waals surface area contributed by atoms with Crippen molar-refractivity contribution in [2.24, 2.45) is 0 Å². The number of hydrogen-bond donors (Lipinski definition) is 1. The van der Waals surface area contributed by atoms with Gasteiger partial charge < -0.3 is 15.0 Å². The third-order valence-corrected chi connectivity index (χ3v) is 5.27. The van der Waals surface area contributed by atoms with Crippen molar-refractivity contribution in [3.63, 3.8) is 0 Å². The summed E-state index contributed by atoms with van der Waals surface area (Å²) in [6.45, 7) is 7.45. The van der Waals surface area contributed by atoms with Gasteiger partial charge in [-0.25, -0.2) is 4.79 Å². The summed E-state index contributed by atoms with van der Waals surface area (Å²) in [5.41, 5.74) is 1.25. The minimum Gasteiger partial charge on any atom is -0.376 e. The van der Waals surface area contributed by atoms with Crippen LogP contribution in [0.25, 0.3) is 0 Å². The van der Waals surface area contributed by atoms with Crippen LogP contribution in [0.4, 0.5) is 4.79 Å². The minimum atomic E-state index is 0.0838. The number of likely N-dealkylation sites (tertiary alicyclic amines) is 2. The van der Waals surface area contributed by atoms with Crippen LogP contribution >= 0.6 is 0 Å². The van der Waals surface area contributed by atoms with Crippen LogP contribution in [0.15, 0.2) is 24.5 Å². The molecule has 26 heavy (non-hydrogen) atoms. The van der Waals surface area contributed by atoms with Gasteiger partial charge in [0.2, 0.25) is 0 Å². The van der Waals surface area contributed by atoms with Crippen molar-refractivity contribution < 1.29 is 9.53 Å². The van der Waals surface area contributed by atoms with Gasteiger partial charge in [0.1, 0.15) is 0 Å². The van der Waals surface area contributed by atoms with Gasteiger partial charge in [-0.3, -0.25) is 9.88 Å². The zero-order valence-electron chi connectivity index (χ0n) is 15.9. The van der Waals surface area contributed by atoms with Gasteiger partial charge in [0.15, 0.2) is 0 Å². The third-order valence-electron chi connectivity index (χ3n) is 5.27. The first-order valence-corrected chi connectivity index (χ1v) is 10.0. The van der Waals surface area contributed by atoms with E-state index in [9.17, 15) is 4.79 Å². The van der Waals surface area contributed by atoms with Crippen LogP contribution in [0.5, 0.6) is 0 Å². The van der Waals surface area contributed by atoms with E-state index < -0.39 is 0 Å². The molecule has 1 atom stereocenters. The number of amides is 2. The quantitative estimate of drug-likeness (QED) is 0.847. The number of pyridine rings is 1. The lowest BCUT2D eigenvalue weighted by Gasteiger charge is -2.36. The van der Waals surface area contributed by atoms with E-state index in [4.69, 9.17) is 4.74 Å². The van der Waals surface area contributed by atoms with Crippen molar-refractivity contribution in [2.45, 2.75) is 57.7 Å². The van der Waals surface area contributed by atoms with Crippen LogP contribution in [0.2, 0.25) is 0 Å². The highest BCUT2D eigenvalue weighted by atomic mass is 16.5. The van der Waals surface area contributed by atoms with Crippen molar-refractivity contribution in [1.82, 2.24) is 20.1 Å². The molecule has 6 nitrogen and oxygen atoms in total. The van der Waals surface area contributed by atoms with Gasteiger partial charge in [-0.05, 0) is 43.7 Å². The number of ether oxygens (including phenoxy) is 1. The third kappa shape index (κ3) is 5.68. The van der Waals surface area contributed by atoms with Gasteiger partial charge >= 0.3 is 6.03 Å². The van der Waals surface area contributed by atoms with Gasteiger partial charge in [-0.15, -0.1) is 0 Å². The number of rotatable bonds is 6. The molecule has 0 bridgehead atoms. The first-order chi connectivity index (χ1) is 12.7. The van der Waals surface area contributed by atoms with Crippen LogP contribution in [0, 0.1) is 0 Å². The van der Waals surface area contributed by atoms with E-state index in [0.717, 1.165) is 71.4 Å². The second-order valence-electron chi connectivity index (χ2n) is 7.44. The first-order valence-electron chi connectivity index (χ1n) is 10.0. The molecule has 2 saturated heterocycles. The zero-order chi connectivity index (χ0) is 18.2. The van der Waals surface area contributed by atoms with Crippen molar-refractivity contribution in [3.05, 3.63) is 30.1 Å². The number of carbonyl (C=O) groups excluding carboxylic acids is 1. The highest BCUT2D eigenvalue weighted by Gasteiger charge is 2.27. The second kappa shape index (κ2) is 9.88. The van der Waals surface area contributed by atoms with Crippen molar-refractivity contribution >= 4 is 6.03 Å². The molecule has 1 aromatic heterocycles. The molecule has 0 saturated carbocycles. The molecule has 0 aromatic carbocycles. The van der Waals surface area contributed by atoms with Gasteiger partial charge in [-0.2, -0.15) is 0 Å². The maximum Gasteiger partial charge on any atom is 0.317 e. The predicted octanol–water partition coefficient (Wildman–Crippen LogP) is 2.65. The number of urea groups is 1. The Morgan fingerprint density at radius 1 is 1.31 bits per heavy atom. The molecule has 3 rings (SSSR count). The number of nitrogens with zero attached hydrogens (tertiary/aromatic N) is 3. The van der Waals surface area contributed by atoms with Gasteiger partial charge in [0.05, 0.1) is 6.10 Å². The van der Waals surface area contributed by atoms with E-state index in [1.807, 2.05) is 23.4 Å². The Hall–Kier alpha value is -1.66. The van der Waals surface area contributed by atoms with Gasteiger partial charge in [0, 0.05) is 57.8 Å². The van der Waals surface area contributed by atoms with Crippen LogP contribution in [0.1, 0.15) is 44.6 Å². The van der Waals surface area contributed by atoms with Crippen LogP contribution in [-0.4, -0.2) is 65.7 Å². The molecule has 3 heterocycles. The highest BCUT2D eigenvalue weighted by molar-refractivity contribution is 5.74. The lowest BCUT2D eigenvalue weighted by atomic mass is 10.0. The molecule has 6 heteroatoms. The Labute approximate surface area is 156 Å². The van der Waals surface area contributed by atoms with Crippen LogP contribution < -0.4 is 5.32 Å². The van der Waals surface area contributed by atoms with Crippen molar-refractivity contribution in [1.29, 1.82) is 0 Å². The molecule has 2 aliphatic heterocycles. The fraction of sp³-hybridized carbons (Fsp3) is 0.700. The first kappa shape index (κ1) is 19.1. The number of piperidine rings is 2. The fourth-order valence-electron chi connectivity index (χ4n) is 3.79. The molecule has 0 spiro atoms. The van der Waals surface area contributed by atoms with E-state index >= 15 is 0 Å². The molecule has 144 valence electrons. The molecule has 0 unspecified atom stereocenters. The van der Waals surface area contributed by atoms with E-state index in [0.29, 0.717) is 0 Å².